The van der Waals surface area contributed by atoms with Crippen molar-refractivity contribution >= 4 is 5.82 Å². The smallest absolute Gasteiger partial charge is 0.131 e. The Morgan fingerprint density at radius 1 is 1.60 bits per heavy atom. The second-order valence-electron chi connectivity index (χ2n) is 3.86. The number of anilines is 1. The van der Waals surface area contributed by atoms with E-state index in [0.717, 1.165) is 5.56 Å². The van der Waals surface area contributed by atoms with Gasteiger partial charge in [-0.25, -0.2) is 9.97 Å². The van der Waals surface area contributed by atoms with Gasteiger partial charge in [0.2, 0.25) is 0 Å². The van der Waals surface area contributed by atoms with Crippen LogP contribution in [0.15, 0.2) is 12.5 Å². The molecule has 1 heterocycles. The molecule has 0 unspecified atom stereocenters. The van der Waals surface area contributed by atoms with Crippen LogP contribution in [-0.4, -0.2) is 28.2 Å². The van der Waals surface area contributed by atoms with Crippen molar-refractivity contribution in [2.45, 2.75) is 18.9 Å². The highest BCUT2D eigenvalue weighted by atomic mass is 16.3. The Balaban J connectivity index is 2.13. The molecule has 82 valence electrons. The molecule has 1 aliphatic carbocycles. The third-order valence-corrected chi connectivity index (χ3v) is 2.68. The first-order valence-corrected chi connectivity index (χ1v) is 5.22. The van der Waals surface area contributed by atoms with Crippen LogP contribution in [0.1, 0.15) is 24.4 Å². The fourth-order valence-corrected chi connectivity index (χ4v) is 1.77. The van der Waals surface area contributed by atoms with Crippen LogP contribution in [0.25, 0.3) is 0 Å². The number of nitrogens with zero attached hydrogens (tertiary/aromatic N) is 2. The van der Waals surface area contributed by atoms with E-state index in [9.17, 15) is 0 Å². The van der Waals surface area contributed by atoms with Crippen LogP contribution in [0.2, 0.25) is 0 Å². The fraction of sp³-hybridized carbons (Fsp3) is 0.600. The molecule has 1 aliphatic rings. The molecule has 0 spiro atoms. The Morgan fingerprint density at radius 2 is 2.40 bits per heavy atom. The van der Waals surface area contributed by atoms with Crippen molar-refractivity contribution in [3.05, 3.63) is 18.1 Å². The molecule has 5 nitrogen and oxygen atoms in total. The SMILES string of the molecule is Nc1ncncc1[C@H](NCCO)C1CC1. The molecule has 0 aliphatic heterocycles. The van der Waals surface area contributed by atoms with Crippen LogP contribution in [-0.2, 0) is 0 Å². The number of hydrogen-bond acceptors (Lipinski definition) is 5. The topological polar surface area (TPSA) is 84.1 Å². The molecule has 1 aromatic rings. The zero-order chi connectivity index (χ0) is 10.7. The zero-order valence-electron chi connectivity index (χ0n) is 8.56. The summed E-state index contributed by atoms with van der Waals surface area (Å²) in [6.07, 6.45) is 5.62. The monoisotopic (exact) mass is 208 g/mol. The Bertz CT molecular complexity index is 327. The maximum absolute atomic E-state index is 8.81. The van der Waals surface area contributed by atoms with Gasteiger partial charge in [-0.05, 0) is 18.8 Å². The summed E-state index contributed by atoms with van der Waals surface area (Å²) in [4.78, 5) is 7.97. The maximum atomic E-state index is 8.81. The van der Waals surface area contributed by atoms with Gasteiger partial charge in [-0.15, -0.1) is 0 Å². The van der Waals surface area contributed by atoms with Crippen LogP contribution in [0.3, 0.4) is 0 Å². The molecule has 0 amide bonds. The van der Waals surface area contributed by atoms with Crippen LogP contribution in [0.4, 0.5) is 5.82 Å². The summed E-state index contributed by atoms with van der Waals surface area (Å²) in [5.41, 5.74) is 6.76. The fourth-order valence-electron chi connectivity index (χ4n) is 1.77. The molecule has 1 atom stereocenters. The van der Waals surface area contributed by atoms with Crippen molar-refractivity contribution in [1.29, 1.82) is 0 Å². The van der Waals surface area contributed by atoms with Crippen molar-refractivity contribution < 1.29 is 5.11 Å². The third-order valence-electron chi connectivity index (χ3n) is 2.68. The van der Waals surface area contributed by atoms with E-state index in [2.05, 4.69) is 15.3 Å². The summed E-state index contributed by atoms with van der Waals surface area (Å²) < 4.78 is 0. The van der Waals surface area contributed by atoms with Crippen molar-refractivity contribution in [2.75, 3.05) is 18.9 Å². The van der Waals surface area contributed by atoms with E-state index in [-0.39, 0.29) is 12.6 Å². The van der Waals surface area contributed by atoms with Gasteiger partial charge in [-0.2, -0.15) is 0 Å². The van der Waals surface area contributed by atoms with Crippen LogP contribution >= 0.6 is 0 Å². The number of aromatic nitrogens is 2. The first-order chi connectivity index (χ1) is 7.33. The Labute approximate surface area is 88.7 Å². The van der Waals surface area contributed by atoms with Crippen LogP contribution in [0, 0.1) is 5.92 Å². The third kappa shape index (κ3) is 2.43. The number of rotatable bonds is 5. The van der Waals surface area contributed by atoms with Gasteiger partial charge in [-0.3, -0.25) is 0 Å². The summed E-state index contributed by atoms with van der Waals surface area (Å²) in [6.45, 7) is 0.715. The van der Waals surface area contributed by atoms with Crippen LogP contribution in [0.5, 0.6) is 0 Å². The van der Waals surface area contributed by atoms with Gasteiger partial charge < -0.3 is 16.2 Å². The number of aliphatic hydroxyl groups is 1. The van der Waals surface area contributed by atoms with Gasteiger partial charge in [0.05, 0.1) is 6.61 Å². The van der Waals surface area contributed by atoms with E-state index in [0.29, 0.717) is 18.3 Å². The van der Waals surface area contributed by atoms with E-state index in [4.69, 9.17) is 10.8 Å². The van der Waals surface area contributed by atoms with Crippen molar-refractivity contribution in [2.24, 2.45) is 5.92 Å². The summed E-state index contributed by atoms with van der Waals surface area (Å²) in [6, 6.07) is 0.193. The standard InChI is InChI=1S/C10H16N4O/c11-10-8(5-12-6-14-10)9(7-1-2-7)13-3-4-15/h5-7,9,13,15H,1-4H2,(H2,11,12,14)/t9-/m1/s1. The summed E-state index contributed by atoms with van der Waals surface area (Å²) in [5, 5.41) is 12.1. The first-order valence-electron chi connectivity index (χ1n) is 5.22. The molecular formula is C10H16N4O. The average molecular weight is 208 g/mol. The molecule has 0 saturated heterocycles. The van der Waals surface area contributed by atoms with Gasteiger partial charge in [0.15, 0.2) is 0 Å². The highest BCUT2D eigenvalue weighted by Gasteiger charge is 2.33. The average Bonchev–Trinajstić information content (AvgIpc) is 3.05. The number of hydrogen-bond donors (Lipinski definition) is 3. The summed E-state index contributed by atoms with van der Waals surface area (Å²) >= 11 is 0. The molecular weight excluding hydrogens is 192 g/mol. The zero-order valence-corrected chi connectivity index (χ0v) is 8.56. The number of nitrogen functional groups attached to an aromatic ring is 1. The molecule has 1 aromatic heterocycles. The van der Waals surface area contributed by atoms with Gasteiger partial charge in [0.25, 0.3) is 0 Å². The number of nitrogens with two attached hydrogens (primary N) is 1. The van der Waals surface area contributed by atoms with E-state index in [1.165, 1.54) is 19.2 Å². The van der Waals surface area contributed by atoms with Crippen molar-refractivity contribution in [3.8, 4) is 0 Å². The highest BCUT2D eigenvalue weighted by molar-refractivity contribution is 5.39. The second-order valence-corrected chi connectivity index (χ2v) is 3.86. The molecule has 1 saturated carbocycles. The summed E-state index contributed by atoms with van der Waals surface area (Å²) in [5.74, 6) is 1.15. The van der Waals surface area contributed by atoms with Gasteiger partial charge >= 0.3 is 0 Å². The second kappa shape index (κ2) is 4.55. The number of aliphatic hydroxyl groups excluding tert-OH is 1. The minimum Gasteiger partial charge on any atom is -0.395 e. The maximum Gasteiger partial charge on any atom is 0.131 e. The predicted octanol–water partition coefficient (Wildman–Crippen LogP) is 0.0918. The molecule has 2 rings (SSSR count). The molecule has 0 aromatic carbocycles. The van der Waals surface area contributed by atoms with Gasteiger partial charge in [0.1, 0.15) is 12.1 Å². The van der Waals surface area contributed by atoms with Gasteiger partial charge in [-0.1, -0.05) is 0 Å². The quantitative estimate of drug-likeness (QED) is 0.638. The lowest BCUT2D eigenvalue weighted by molar-refractivity contribution is 0.280. The number of nitrogens with one attached hydrogen (secondary N) is 1. The van der Waals surface area contributed by atoms with Crippen molar-refractivity contribution in [1.82, 2.24) is 15.3 Å². The normalized spacial score (nSPS) is 17.7. The largest absolute Gasteiger partial charge is 0.395 e. The van der Waals surface area contributed by atoms with Gasteiger partial charge in [0, 0.05) is 24.3 Å². The molecule has 0 radical (unpaired) electrons. The summed E-state index contributed by atoms with van der Waals surface area (Å²) in [7, 11) is 0. The van der Waals surface area contributed by atoms with E-state index < -0.39 is 0 Å². The van der Waals surface area contributed by atoms with E-state index in [1.54, 1.807) is 6.20 Å². The predicted molar refractivity (Wildman–Crippen MR) is 57.0 cm³/mol. The molecule has 1 fully saturated rings. The van der Waals surface area contributed by atoms with Crippen molar-refractivity contribution in [3.63, 3.8) is 0 Å². The molecule has 15 heavy (non-hydrogen) atoms. The lowest BCUT2D eigenvalue weighted by Gasteiger charge is -2.18. The molecule has 5 heteroatoms. The lowest BCUT2D eigenvalue weighted by atomic mass is 10.1. The Morgan fingerprint density at radius 3 is 3.00 bits per heavy atom. The minimum absolute atomic E-state index is 0.136. The molecule has 0 bridgehead atoms. The minimum atomic E-state index is 0.136. The first kappa shape index (κ1) is 10.3. The Kier molecular flexibility index (Phi) is 3.13. The molecule has 4 N–H and O–H groups in total. The van der Waals surface area contributed by atoms with Crippen LogP contribution < -0.4 is 11.1 Å². The highest BCUT2D eigenvalue weighted by Crippen LogP contribution is 2.41. The van der Waals surface area contributed by atoms with E-state index >= 15 is 0 Å². The van der Waals surface area contributed by atoms with E-state index in [1.807, 2.05) is 0 Å². The lowest BCUT2D eigenvalue weighted by Crippen LogP contribution is -2.27. The Hall–Kier alpha value is -1.20.